The van der Waals surface area contributed by atoms with Crippen LogP contribution < -0.4 is 10.1 Å². The number of amidine groups is 1. The van der Waals surface area contributed by atoms with E-state index in [1.807, 2.05) is 12.1 Å². The summed E-state index contributed by atoms with van der Waals surface area (Å²) in [4.78, 5) is 44.1. The molecule has 1 N–H and O–H groups in total. The van der Waals surface area contributed by atoms with Crippen LogP contribution in [0, 0.1) is 5.82 Å². The van der Waals surface area contributed by atoms with E-state index in [0.29, 0.717) is 27.9 Å². The minimum absolute atomic E-state index is 0.0787. The van der Waals surface area contributed by atoms with Crippen LogP contribution in [-0.2, 0) is 20.9 Å². The fourth-order valence-electron chi connectivity index (χ4n) is 3.69. The number of benzene rings is 3. The minimum atomic E-state index is -0.689. The van der Waals surface area contributed by atoms with Crippen LogP contribution in [0.2, 0.25) is 0 Å². The van der Waals surface area contributed by atoms with E-state index in [2.05, 4.69) is 10.3 Å². The number of amides is 2. The molecule has 1 saturated heterocycles. The molecule has 1 atom stereocenters. The van der Waals surface area contributed by atoms with Crippen molar-refractivity contribution in [2.24, 2.45) is 4.99 Å². The predicted octanol–water partition coefficient (Wildman–Crippen LogP) is 5.17. The van der Waals surface area contributed by atoms with E-state index < -0.39 is 11.2 Å². The highest BCUT2D eigenvalue weighted by atomic mass is 32.2. The van der Waals surface area contributed by atoms with Crippen molar-refractivity contribution in [3.63, 3.8) is 0 Å². The van der Waals surface area contributed by atoms with Gasteiger partial charge in [0.2, 0.25) is 11.8 Å². The lowest BCUT2D eigenvalue weighted by atomic mass is 10.2. The number of thioether (sulfide) groups is 1. The average molecular weight is 536 g/mol. The van der Waals surface area contributed by atoms with Gasteiger partial charge >= 0.3 is 5.97 Å². The fraction of sp³-hybridized carbons (Fsp3) is 0.214. The van der Waals surface area contributed by atoms with Gasteiger partial charge in [0, 0.05) is 12.1 Å². The summed E-state index contributed by atoms with van der Waals surface area (Å²) < 4.78 is 23.5. The summed E-state index contributed by atoms with van der Waals surface area (Å²) >= 11 is 1.19. The Morgan fingerprint density at radius 3 is 2.34 bits per heavy atom. The van der Waals surface area contributed by atoms with Gasteiger partial charge in [0.25, 0.3) is 0 Å². The summed E-state index contributed by atoms with van der Waals surface area (Å²) in [6.45, 7) is 2.25. The van der Waals surface area contributed by atoms with Gasteiger partial charge in [-0.15, -0.1) is 0 Å². The number of halogens is 1. The molecule has 1 fully saturated rings. The van der Waals surface area contributed by atoms with Crippen LogP contribution in [-0.4, -0.2) is 46.8 Å². The summed E-state index contributed by atoms with van der Waals surface area (Å²) in [7, 11) is 1.58. The lowest BCUT2D eigenvalue weighted by molar-refractivity contribution is -0.128. The van der Waals surface area contributed by atoms with Crippen molar-refractivity contribution in [2.45, 2.75) is 25.1 Å². The summed E-state index contributed by atoms with van der Waals surface area (Å²) in [6, 6.07) is 19.3. The van der Waals surface area contributed by atoms with Crippen molar-refractivity contribution in [1.82, 2.24) is 4.90 Å². The molecule has 3 aromatic rings. The Hall–Kier alpha value is -4.18. The topological polar surface area (TPSA) is 97.3 Å². The van der Waals surface area contributed by atoms with Crippen molar-refractivity contribution >= 4 is 46.1 Å². The van der Waals surface area contributed by atoms with E-state index in [4.69, 9.17) is 9.47 Å². The predicted molar refractivity (Wildman–Crippen MR) is 144 cm³/mol. The molecule has 196 valence electrons. The molecule has 3 aromatic carbocycles. The summed E-state index contributed by atoms with van der Waals surface area (Å²) in [5, 5.41) is 2.50. The average Bonchev–Trinajstić information content (AvgIpc) is 3.19. The lowest BCUT2D eigenvalue weighted by Gasteiger charge is -2.17. The first-order chi connectivity index (χ1) is 18.4. The van der Waals surface area contributed by atoms with Crippen molar-refractivity contribution in [3.05, 3.63) is 89.7 Å². The largest absolute Gasteiger partial charge is 0.497 e. The fourth-order valence-corrected chi connectivity index (χ4v) is 4.85. The zero-order chi connectivity index (χ0) is 27.1. The number of anilines is 1. The van der Waals surface area contributed by atoms with Crippen LogP contribution in [0.1, 0.15) is 29.3 Å². The highest BCUT2D eigenvalue weighted by molar-refractivity contribution is 8.15. The molecule has 0 bridgehead atoms. The Morgan fingerprint density at radius 2 is 1.71 bits per heavy atom. The third-order valence-electron chi connectivity index (χ3n) is 5.62. The first-order valence-corrected chi connectivity index (χ1v) is 12.8. The number of methoxy groups -OCH3 is 1. The number of rotatable bonds is 9. The number of carbonyl (C=O) groups is 3. The smallest absolute Gasteiger partial charge is 0.338 e. The van der Waals surface area contributed by atoms with E-state index >= 15 is 0 Å². The van der Waals surface area contributed by atoms with Gasteiger partial charge in [-0.05, 0) is 73.2 Å². The van der Waals surface area contributed by atoms with Gasteiger partial charge in [-0.3, -0.25) is 14.5 Å². The SMILES string of the molecule is CCOC(=O)c1ccc(NC(=O)C[C@H]2SC(=Nc3ccc(F)cc3)N(Cc3ccc(OC)cc3)C2=O)cc1. The first kappa shape index (κ1) is 26.9. The van der Waals surface area contributed by atoms with E-state index in [0.717, 1.165) is 5.56 Å². The molecule has 1 aliphatic rings. The lowest BCUT2D eigenvalue weighted by Crippen LogP contribution is -2.33. The number of hydrogen-bond acceptors (Lipinski definition) is 7. The second-order valence-corrected chi connectivity index (χ2v) is 9.47. The summed E-state index contributed by atoms with van der Waals surface area (Å²) in [5.74, 6) is -0.736. The quantitative estimate of drug-likeness (QED) is 0.380. The minimum Gasteiger partial charge on any atom is -0.497 e. The molecule has 1 heterocycles. The third kappa shape index (κ3) is 6.77. The Morgan fingerprint density at radius 1 is 1.03 bits per heavy atom. The standard InChI is InChI=1S/C28H26FN3O5S/c1-3-37-27(35)19-6-10-21(11-7-19)30-25(33)16-24-26(34)32(17-18-4-14-23(36-2)15-5-18)28(38-24)31-22-12-8-20(29)9-13-22/h4-15,24H,3,16-17H2,1-2H3,(H,30,33)/t24-/m1/s1. The number of esters is 1. The highest BCUT2D eigenvalue weighted by Crippen LogP contribution is 2.33. The third-order valence-corrected chi connectivity index (χ3v) is 6.80. The molecule has 0 saturated carbocycles. The second kappa shape index (κ2) is 12.4. The molecule has 10 heteroatoms. The van der Waals surface area contributed by atoms with E-state index in [1.54, 1.807) is 50.4 Å². The Kier molecular flexibility index (Phi) is 8.75. The summed E-state index contributed by atoms with van der Waals surface area (Å²) in [6.07, 6.45) is -0.0787. The van der Waals surface area contributed by atoms with Crippen molar-refractivity contribution in [2.75, 3.05) is 19.0 Å². The van der Waals surface area contributed by atoms with E-state index in [1.165, 1.54) is 40.9 Å². The molecular formula is C28H26FN3O5S. The van der Waals surface area contributed by atoms with Crippen LogP contribution in [0.3, 0.4) is 0 Å². The maximum atomic E-state index is 13.4. The van der Waals surface area contributed by atoms with Crippen molar-refractivity contribution in [1.29, 1.82) is 0 Å². The zero-order valence-electron chi connectivity index (χ0n) is 20.8. The molecule has 0 aliphatic carbocycles. The first-order valence-electron chi connectivity index (χ1n) is 11.9. The molecule has 0 spiro atoms. The van der Waals surface area contributed by atoms with Crippen LogP contribution in [0.15, 0.2) is 77.8 Å². The van der Waals surface area contributed by atoms with E-state index in [-0.39, 0.29) is 37.2 Å². The molecule has 0 unspecified atom stereocenters. The van der Waals surface area contributed by atoms with Gasteiger partial charge in [-0.1, -0.05) is 23.9 Å². The van der Waals surface area contributed by atoms with Gasteiger partial charge in [0.05, 0.1) is 31.5 Å². The van der Waals surface area contributed by atoms with Crippen LogP contribution in [0.4, 0.5) is 15.8 Å². The molecule has 4 rings (SSSR count). The molecule has 2 amide bonds. The molecule has 0 radical (unpaired) electrons. The van der Waals surface area contributed by atoms with Crippen molar-refractivity contribution < 1.29 is 28.2 Å². The van der Waals surface area contributed by atoms with Crippen molar-refractivity contribution in [3.8, 4) is 5.75 Å². The van der Waals surface area contributed by atoms with Crippen LogP contribution >= 0.6 is 11.8 Å². The Labute approximate surface area is 223 Å². The molecule has 0 aromatic heterocycles. The van der Waals surface area contributed by atoms with Gasteiger partial charge < -0.3 is 14.8 Å². The van der Waals surface area contributed by atoms with Gasteiger partial charge in [-0.25, -0.2) is 14.2 Å². The maximum absolute atomic E-state index is 13.4. The number of nitrogens with one attached hydrogen (secondary N) is 1. The maximum Gasteiger partial charge on any atom is 0.338 e. The van der Waals surface area contributed by atoms with Gasteiger partial charge in [0.1, 0.15) is 16.8 Å². The van der Waals surface area contributed by atoms with Crippen LogP contribution in [0.5, 0.6) is 5.75 Å². The number of ether oxygens (including phenoxy) is 2. The number of nitrogens with zero attached hydrogens (tertiary/aromatic N) is 2. The monoisotopic (exact) mass is 535 g/mol. The number of hydrogen-bond donors (Lipinski definition) is 1. The zero-order valence-corrected chi connectivity index (χ0v) is 21.7. The molecule has 8 nitrogen and oxygen atoms in total. The van der Waals surface area contributed by atoms with Gasteiger partial charge in [0.15, 0.2) is 5.17 Å². The van der Waals surface area contributed by atoms with Gasteiger partial charge in [-0.2, -0.15) is 0 Å². The molecule has 38 heavy (non-hydrogen) atoms. The van der Waals surface area contributed by atoms with Crippen LogP contribution in [0.25, 0.3) is 0 Å². The normalized spacial score (nSPS) is 16.0. The Bertz CT molecular complexity index is 1330. The number of carbonyl (C=O) groups excluding carboxylic acids is 3. The second-order valence-electron chi connectivity index (χ2n) is 8.30. The van der Waals surface area contributed by atoms with E-state index in [9.17, 15) is 18.8 Å². The highest BCUT2D eigenvalue weighted by Gasteiger charge is 2.39. The Balaban J connectivity index is 1.48. The molecular weight excluding hydrogens is 509 g/mol. The molecule has 1 aliphatic heterocycles. The number of aliphatic imine (C=N–C) groups is 1. The summed E-state index contributed by atoms with van der Waals surface area (Å²) in [5.41, 5.74) is 2.22.